The Bertz CT molecular complexity index is 973. The number of carbonyl (C=O) groups is 1. The summed E-state index contributed by atoms with van der Waals surface area (Å²) >= 11 is 0. The summed E-state index contributed by atoms with van der Waals surface area (Å²) < 4.78 is 22.7. The second kappa shape index (κ2) is 8.26. The van der Waals surface area contributed by atoms with Crippen LogP contribution in [-0.4, -0.2) is 40.8 Å². The van der Waals surface area contributed by atoms with Gasteiger partial charge in [0.1, 0.15) is 29.2 Å². The molecule has 1 aliphatic rings. The minimum atomic E-state index is -0.504. The van der Waals surface area contributed by atoms with E-state index in [1.807, 2.05) is 57.2 Å². The first-order chi connectivity index (χ1) is 14.4. The van der Waals surface area contributed by atoms with Crippen molar-refractivity contribution in [2.24, 2.45) is 0 Å². The number of carbonyl (C=O) groups excluding carboxylic acids is 1. The topological polar surface area (TPSA) is 74.0 Å². The van der Waals surface area contributed by atoms with Gasteiger partial charge in [-0.2, -0.15) is 4.98 Å². The molecule has 1 amide bonds. The lowest BCUT2D eigenvalue weighted by Crippen LogP contribution is -2.42. The van der Waals surface area contributed by atoms with Gasteiger partial charge in [0.25, 0.3) is 0 Å². The number of hydrogen-bond donors (Lipinski definition) is 0. The van der Waals surface area contributed by atoms with E-state index in [4.69, 9.17) is 18.6 Å². The number of rotatable bonds is 5. The van der Waals surface area contributed by atoms with Crippen LogP contribution in [0, 0.1) is 0 Å². The zero-order valence-electron chi connectivity index (χ0n) is 17.5. The third kappa shape index (κ3) is 4.84. The number of benzene rings is 2. The highest BCUT2D eigenvalue weighted by Crippen LogP contribution is 2.27. The molecule has 1 unspecified atom stereocenters. The quantitative estimate of drug-likeness (QED) is 0.561. The van der Waals surface area contributed by atoms with E-state index in [1.165, 1.54) is 0 Å². The van der Waals surface area contributed by atoms with Gasteiger partial charge in [0, 0.05) is 6.54 Å². The molecule has 2 heterocycles. The molecule has 0 spiro atoms. The number of ether oxygens (including phenoxy) is 3. The summed E-state index contributed by atoms with van der Waals surface area (Å²) in [6.45, 7) is 6.73. The fourth-order valence-electron chi connectivity index (χ4n) is 3.36. The van der Waals surface area contributed by atoms with E-state index in [0.29, 0.717) is 30.2 Å². The Kier molecular flexibility index (Phi) is 5.53. The molecule has 0 saturated carbocycles. The molecule has 158 valence electrons. The first-order valence-corrected chi connectivity index (χ1v) is 10.1. The molecule has 30 heavy (non-hydrogen) atoms. The highest BCUT2D eigenvalue weighted by molar-refractivity contribution is 5.72. The van der Waals surface area contributed by atoms with Crippen LogP contribution in [0.5, 0.6) is 17.6 Å². The predicted molar refractivity (Wildman–Crippen MR) is 112 cm³/mol. The van der Waals surface area contributed by atoms with Crippen molar-refractivity contribution in [3.05, 3.63) is 48.5 Å². The van der Waals surface area contributed by atoms with Crippen LogP contribution >= 0.6 is 0 Å². The van der Waals surface area contributed by atoms with Gasteiger partial charge in [-0.3, -0.25) is 0 Å². The first-order valence-electron chi connectivity index (χ1n) is 10.1. The lowest BCUT2D eigenvalue weighted by Gasteiger charge is -2.28. The number of oxazole rings is 1. The highest BCUT2D eigenvalue weighted by atomic mass is 16.6. The maximum absolute atomic E-state index is 12.4. The molecule has 0 aliphatic carbocycles. The minimum Gasteiger partial charge on any atom is -0.491 e. The van der Waals surface area contributed by atoms with Crippen LogP contribution in [0.25, 0.3) is 11.1 Å². The van der Waals surface area contributed by atoms with Crippen LogP contribution in [-0.2, 0) is 4.74 Å². The Morgan fingerprint density at radius 1 is 1.13 bits per heavy atom. The van der Waals surface area contributed by atoms with Crippen molar-refractivity contribution in [3.8, 4) is 17.6 Å². The predicted octanol–water partition coefficient (Wildman–Crippen LogP) is 5.40. The van der Waals surface area contributed by atoms with Crippen molar-refractivity contribution in [2.75, 3.05) is 13.2 Å². The molecule has 0 bridgehead atoms. The van der Waals surface area contributed by atoms with E-state index in [1.54, 1.807) is 17.0 Å². The third-order valence-corrected chi connectivity index (χ3v) is 4.75. The maximum Gasteiger partial charge on any atom is 0.410 e. The summed E-state index contributed by atoms with van der Waals surface area (Å²) in [6, 6.07) is 14.7. The zero-order valence-corrected chi connectivity index (χ0v) is 17.5. The molecular formula is C23H26N2O5. The molecule has 0 radical (unpaired) electrons. The third-order valence-electron chi connectivity index (χ3n) is 4.75. The van der Waals surface area contributed by atoms with E-state index < -0.39 is 5.60 Å². The van der Waals surface area contributed by atoms with Crippen molar-refractivity contribution in [3.63, 3.8) is 0 Å². The van der Waals surface area contributed by atoms with Gasteiger partial charge >= 0.3 is 12.2 Å². The summed E-state index contributed by atoms with van der Waals surface area (Å²) in [6.07, 6.45) is 1.77. The fourth-order valence-corrected chi connectivity index (χ4v) is 3.36. The van der Waals surface area contributed by atoms with Gasteiger partial charge in [0.15, 0.2) is 5.58 Å². The summed E-state index contributed by atoms with van der Waals surface area (Å²) in [5.41, 5.74) is 0.924. The van der Waals surface area contributed by atoms with Crippen LogP contribution in [0.3, 0.4) is 0 Å². The van der Waals surface area contributed by atoms with Gasteiger partial charge in [-0.05, 0) is 70.0 Å². The molecule has 4 rings (SSSR count). The molecule has 7 nitrogen and oxygen atoms in total. The number of para-hydroxylation sites is 2. The molecule has 2 aromatic carbocycles. The monoisotopic (exact) mass is 410 g/mol. The Labute approximate surface area is 175 Å². The summed E-state index contributed by atoms with van der Waals surface area (Å²) in [5, 5.41) is 0. The molecular weight excluding hydrogens is 384 g/mol. The minimum absolute atomic E-state index is 0.00975. The van der Waals surface area contributed by atoms with Crippen molar-refractivity contribution in [1.29, 1.82) is 0 Å². The normalized spacial score (nSPS) is 16.6. The van der Waals surface area contributed by atoms with Crippen LogP contribution in [0.15, 0.2) is 52.9 Å². The number of nitrogens with zero attached hydrogens (tertiary/aromatic N) is 2. The second-order valence-corrected chi connectivity index (χ2v) is 8.30. The highest BCUT2D eigenvalue weighted by Gasteiger charge is 2.32. The Balaban J connectivity index is 1.32. The molecule has 1 fully saturated rings. The van der Waals surface area contributed by atoms with Gasteiger partial charge in [-0.1, -0.05) is 12.1 Å². The van der Waals surface area contributed by atoms with Crippen molar-refractivity contribution < 1.29 is 23.4 Å². The molecule has 1 saturated heterocycles. The Hall–Kier alpha value is -3.22. The molecule has 3 aromatic rings. The summed E-state index contributed by atoms with van der Waals surface area (Å²) in [5.74, 6) is 1.31. The Morgan fingerprint density at radius 3 is 2.60 bits per heavy atom. The van der Waals surface area contributed by atoms with E-state index in [0.717, 1.165) is 18.4 Å². The molecule has 1 aromatic heterocycles. The fraction of sp³-hybridized carbons (Fsp3) is 0.391. The lowest BCUT2D eigenvalue weighted by molar-refractivity contribution is 0.0187. The van der Waals surface area contributed by atoms with Gasteiger partial charge in [0.2, 0.25) is 0 Å². The molecule has 1 atom stereocenters. The van der Waals surface area contributed by atoms with E-state index in [-0.39, 0.29) is 18.2 Å². The van der Waals surface area contributed by atoms with Gasteiger partial charge in [0.05, 0.1) is 6.04 Å². The van der Waals surface area contributed by atoms with Crippen LogP contribution in [0.4, 0.5) is 4.79 Å². The first kappa shape index (κ1) is 20.1. The average molecular weight is 410 g/mol. The SMILES string of the molecule is CC(C)(C)OC(=O)N1CCCC1COc1ccc(Oc2nc3ccccc3o2)cc1. The standard InChI is InChI=1S/C23H26N2O5/c1-23(2,3)30-22(26)25-14-6-7-16(25)15-27-17-10-12-18(13-11-17)28-21-24-19-8-4-5-9-20(19)29-21/h4-5,8-13,16H,6-7,14-15H2,1-3H3. The van der Waals surface area contributed by atoms with Crippen LogP contribution in [0.2, 0.25) is 0 Å². The second-order valence-electron chi connectivity index (χ2n) is 8.30. The summed E-state index contributed by atoms with van der Waals surface area (Å²) in [4.78, 5) is 18.4. The van der Waals surface area contributed by atoms with Gasteiger partial charge in [-0.25, -0.2) is 4.79 Å². The van der Waals surface area contributed by atoms with E-state index in [2.05, 4.69) is 4.98 Å². The van der Waals surface area contributed by atoms with Crippen molar-refractivity contribution in [1.82, 2.24) is 9.88 Å². The van der Waals surface area contributed by atoms with Crippen molar-refractivity contribution in [2.45, 2.75) is 45.3 Å². The number of aromatic nitrogens is 1. The van der Waals surface area contributed by atoms with Crippen molar-refractivity contribution >= 4 is 17.2 Å². The van der Waals surface area contributed by atoms with E-state index >= 15 is 0 Å². The number of hydrogen-bond acceptors (Lipinski definition) is 6. The van der Waals surface area contributed by atoms with Crippen LogP contribution < -0.4 is 9.47 Å². The smallest absolute Gasteiger partial charge is 0.410 e. The lowest BCUT2D eigenvalue weighted by atomic mass is 10.2. The van der Waals surface area contributed by atoms with Gasteiger partial charge in [-0.15, -0.1) is 0 Å². The molecule has 1 aliphatic heterocycles. The van der Waals surface area contributed by atoms with Gasteiger partial charge < -0.3 is 23.5 Å². The average Bonchev–Trinajstić information content (AvgIpc) is 3.32. The Morgan fingerprint density at radius 2 is 1.87 bits per heavy atom. The maximum atomic E-state index is 12.4. The number of fused-ring (bicyclic) bond motifs is 1. The largest absolute Gasteiger partial charge is 0.491 e. The molecule has 7 heteroatoms. The number of amides is 1. The number of likely N-dealkylation sites (tertiary alicyclic amines) is 1. The summed E-state index contributed by atoms with van der Waals surface area (Å²) in [7, 11) is 0. The van der Waals surface area contributed by atoms with Crippen LogP contribution in [0.1, 0.15) is 33.6 Å². The van der Waals surface area contributed by atoms with E-state index in [9.17, 15) is 4.79 Å². The zero-order chi connectivity index (χ0) is 21.1. The molecule has 0 N–H and O–H groups in total.